The number of aromatic nitrogens is 2. The second-order valence-corrected chi connectivity index (χ2v) is 6.45. The van der Waals surface area contributed by atoms with Gasteiger partial charge in [0.1, 0.15) is 12.2 Å². The lowest BCUT2D eigenvalue weighted by Gasteiger charge is -2.32. The summed E-state index contributed by atoms with van der Waals surface area (Å²) >= 11 is 0. The van der Waals surface area contributed by atoms with E-state index in [2.05, 4.69) is 9.97 Å². The molecule has 0 unspecified atom stereocenters. The molecule has 4 heterocycles. The van der Waals surface area contributed by atoms with E-state index in [1.807, 2.05) is 17.0 Å². The molecule has 0 aliphatic carbocycles. The quantitative estimate of drug-likeness (QED) is 0.853. The molecule has 2 fully saturated rings. The molecule has 25 heavy (non-hydrogen) atoms. The SMILES string of the molecule is O=C(c1cccnc1)N1C[C@@H](OCc2cccnc2)[C@@H]2OCCC[C@@H]21. The molecule has 1 amide bonds. The molecule has 0 saturated carbocycles. The lowest BCUT2D eigenvalue weighted by molar-refractivity contribution is -0.0810. The fourth-order valence-electron chi connectivity index (χ4n) is 3.63. The van der Waals surface area contributed by atoms with Gasteiger partial charge in [-0.25, -0.2) is 0 Å². The van der Waals surface area contributed by atoms with Crippen LogP contribution in [0.2, 0.25) is 0 Å². The Labute approximate surface area is 146 Å². The molecule has 4 rings (SSSR count). The monoisotopic (exact) mass is 339 g/mol. The van der Waals surface area contributed by atoms with Gasteiger partial charge in [-0.05, 0) is 36.6 Å². The van der Waals surface area contributed by atoms with E-state index in [0.29, 0.717) is 18.7 Å². The first-order chi connectivity index (χ1) is 12.3. The van der Waals surface area contributed by atoms with Gasteiger partial charge in [0.25, 0.3) is 5.91 Å². The highest BCUT2D eigenvalue weighted by atomic mass is 16.5. The van der Waals surface area contributed by atoms with Crippen molar-refractivity contribution in [3.63, 3.8) is 0 Å². The van der Waals surface area contributed by atoms with E-state index in [0.717, 1.165) is 25.0 Å². The number of carbonyl (C=O) groups is 1. The molecule has 130 valence electrons. The van der Waals surface area contributed by atoms with Crippen LogP contribution in [0.15, 0.2) is 49.1 Å². The van der Waals surface area contributed by atoms with E-state index in [1.54, 1.807) is 36.9 Å². The molecule has 0 radical (unpaired) electrons. The Kier molecular flexibility index (Phi) is 4.72. The van der Waals surface area contributed by atoms with E-state index in [1.165, 1.54) is 0 Å². The van der Waals surface area contributed by atoms with Crippen molar-refractivity contribution >= 4 is 5.91 Å². The summed E-state index contributed by atoms with van der Waals surface area (Å²) in [5.74, 6) is 0.000998. The van der Waals surface area contributed by atoms with Crippen LogP contribution in [0.25, 0.3) is 0 Å². The first-order valence-corrected chi connectivity index (χ1v) is 8.66. The second-order valence-electron chi connectivity index (χ2n) is 6.45. The smallest absolute Gasteiger partial charge is 0.255 e. The number of likely N-dealkylation sites (tertiary alicyclic amines) is 1. The Bertz CT molecular complexity index is 710. The van der Waals surface area contributed by atoms with Crippen LogP contribution in [0, 0.1) is 0 Å². The maximum atomic E-state index is 12.9. The highest BCUT2D eigenvalue weighted by Gasteiger charge is 2.46. The molecule has 2 aromatic heterocycles. The Balaban J connectivity index is 1.48. The fraction of sp³-hybridized carbons (Fsp3) is 0.421. The third-order valence-corrected chi connectivity index (χ3v) is 4.83. The molecule has 2 aliphatic rings. The van der Waals surface area contributed by atoms with Crippen molar-refractivity contribution in [2.24, 2.45) is 0 Å². The van der Waals surface area contributed by atoms with Gasteiger partial charge in [0.15, 0.2) is 0 Å². The van der Waals surface area contributed by atoms with Gasteiger partial charge >= 0.3 is 0 Å². The largest absolute Gasteiger partial charge is 0.373 e. The van der Waals surface area contributed by atoms with E-state index in [4.69, 9.17) is 9.47 Å². The number of nitrogens with zero attached hydrogens (tertiary/aromatic N) is 3. The number of amides is 1. The number of pyridine rings is 2. The summed E-state index contributed by atoms with van der Waals surface area (Å²) in [5, 5.41) is 0. The summed E-state index contributed by atoms with van der Waals surface area (Å²) in [5.41, 5.74) is 1.63. The summed E-state index contributed by atoms with van der Waals surface area (Å²) in [4.78, 5) is 23.0. The van der Waals surface area contributed by atoms with Gasteiger partial charge in [0.05, 0.1) is 24.8 Å². The summed E-state index contributed by atoms with van der Waals surface area (Å²) in [6, 6.07) is 7.54. The van der Waals surface area contributed by atoms with Gasteiger partial charge in [0.2, 0.25) is 0 Å². The number of fused-ring (bicyclic) bond motifs is 1. The van der Waals surface area contributed by atoms with Crippen LogP contribution >= 0.6 is 0 Å². The van der Waals surface area contributed by atoms with Crippen molar-refractivity contribution in [3.8, 4) is 0 Å². The van der Waals surface area contributed by atoms with Gasteiger partial charge in [-0.1, -0.05) is 6.07 Å². The van der Waals surface area contributed by atoms with Crippen molar-refractivity contribution in [2.75, 3.05) is 13.2 Å². The number of hydrogen-bond donors (Lipinski definition) is 0. The Morgan fingerprint density at radius 3 is 2.84 bits per heavy atom. The van der Waals surface area contributed by atoms with Gasteiger partial charge in [-0.15, -0.1) is 0 Å². The minimum absolute atomic E-state index is 0.000998. The zero-order valence-corrected chi connectivity index (χ0v) is 14.0. The van der Waals surface area contributed by atoms with Crippen LogP contribution in [0.4, 0.5) is 0 Å². The third-order valence-electron chi connectivity index (χ3n) is 4.83. The molecule has 6 heteroatoms. The summed E-state index contributed by atoms with van der Waals surface area (Å²) in [7, 11) is 0. The molecule has 0 aromatic carbocycles. The van der Waals surface area contributed by atoms with Crippen LogP contribution in [0.3, 0.4) is 0 Å². The Morgan fingerprint density at radius 2 is 2.08 bits per heavy atom. The van der Waals surface area contributed by atoms with Crippen molar-refractivity contribution in [3.05, 3.63) is 60.2 Å². The van der Waals surface area contributed by atoms with Crippen molar-refractivity contribution in [1.82, 2.24) is 14.9 Å². The normalized spacial score (nSPS) is 25.6. The molecule has 2 saturated heterocycles. The van der Waals surface area contributed by atoms with Crippen LogP contribution in [0.5, 0.6) is 0 Å². The molecular formula is C19H21N3O3. The summed E-state index contributed by atoms with van der Waals surface area (Å²) in [6.07, 6.45) is 8.56. The fourth-order valence-corrected chi connectivity index (χ4v) is 3.63. The lowest BCUT2D eigenvalue weighted by Crippen LogP contribution is -2.43. The highest BCUT2D eigenvalue weighted by Crippen LogP contribution is 2.32. The third kappa shape index (κ3) is 3.41. The van der Waals surface area contributed by atoms with Crippen molar-refractivity contribution in [2.45, 2.75) is 37.7 Å². The average molecular weight is 339 g/mol. The molecule has 0 bridgehead atoms. The maximum Gasteiger partial charge on any atom is 0.255 e. The van der Waals surface area contributed by atoms with Crippen LogP contribution < -0.4 is 0 Å². The van der Waals surface area contributed by atoms with Gasteiger partial charge in [-0.3, -0.25) is 14.8 Å². The van der Waals surface area contributed by atoms with E-state index >= 15 is 0 Å². The molecule has 3 atom stereocenters. The predicted octanol–water partition coefficient (Wildman–Crippen LogP) is 2.07. The predicted molar refractivity (Wildman–Crippen MR) is 90.8 cm³/mol. The van der Waals surface area contributed by atoms with Crippen LogP contribution in [0.1, 0.15) is 28.8 Å². The lowest BCUT2D eigenvalue weighted by atomic mass is 10.0. The van der Waals surface area contributed by atoms with Gasteiger partial charge < -0.3 is 14.4 Å². The van der Waals surface area contributed by atoms with Gasteiger partial charge in [-0.2, -0.15) is 0 Å². The first-order valence-electron chi connectivity index (χ1n) is 8.66. The van der Waals surface area contributed by atoms with E-state index in [9.17, 15) is 4.79 Å². The van der Waals surface area contributed by atoms with Crippen LogP contribution in [-0.2, 0) is 16.1 Å². The minimum atomic E-state index is -0.119. The number of ether oxygens (including phenoxy) is 2. The molecule has 2 aromatic rings. The standard InChI is InChI=1S/C19H21N3O3/c23-19(15-5-2-8-21-11-15)22-12-17(18-16(22)6-3-9-24-18)25-13-14-4-1-7-20-10-14/h1-2,4-5,7-8,10-11,16-18H,3,6,9,12-13H2/t16-,17+,18+/m0/s1. The van der Waals surface area contributed by atoms with Gasteiger partial charge in [0, 0.05) is 31.4 Å². The average Bonchev–Trinajstić information content (AvgIpc) is 3.06. The van der Waals surface area contributed by atoms with E-state index < -0.39 is 0 Å². The minimum Gasteiger partial charge on any atom is -0.373 e. The zero-order valence-electron chi connectivity index (χ0n) is 14.0. The number of carbonyl (C=O) groups excluding carboxylic acids is 1. The Hall–Kier alpha value is -2.31. The van der Waals surface area contributed by atoms with Crippen molar-refractivity contribution < 1.29 is 14.3 Å². The molecule has 6 nitrogen and oxygen atoms in total. The Morgan fingerprint density at radius 1 is 1.24 bits per heavy atom. The highest BCUT2D eigenvalue weighted by molar-refractivity contribution is 5.94. The van der Waals surface area contributed by atoms with Crippen LogP contribution in [-0.4, -0.2) is 52.2 Å². The zero-order chi connectivity index (χ0) is 17.1. The number of rotatable bonds is 4. The maximum absolute atomic E-state index is 12.9. The number of hydrogen-bond acceptors (Lipinski definition) is 5. The second kappa shape index (κ2) is 7.29. The summed E-state index contributed by atoms with van der Waals surface area (Å²) < 4.78 is 12.1. The molecule has 2 aliphatic heterocycles. The molecule has 0 spiro atoms. The summed E-state index contributed by atoms with van der Waals surface area (Å²) in [6.45, 7) is 1.74. The topological polar surface area (TPSA) is 64.6 Å². The molecule has 0 N–H and O–H groups in total. The first kappa shape index (κ1) is 16.2. The van der Waals surface area contributed by atoms with E-state index in [-0.39, 0.29) is 24.2 Å². The van der Waals surface area contributed by atoms with Crippen molar-refractivity contribution in [1.29, 1.82) is 0 Å². The molecular weight excluding hydrogens is 318 g/mol.